The van der Waals surface area contributed by atoms with E-state index in [1.807, 2.05) is 0 Å². The summed E-state index contributed by atoms with van der Waals surface area (Å²) in [6, 6.07) is 4.61. The maximum absolute atomic E-state index is 13.4. The van der Waals surface area contributed by atoms with Gasteiger partial charge in [-0.15, -0.1) is 0 Å². The van der Waals surface area contributed by atoms with Gasteiger partial charge in [-0.2, -0.15) is 13.2 Å². The summed E-state index contributed by atoms with van der Waals surface area (Å²) in [6.45, 7) is 0. The van der Waals surface area contributed by atoms with Gasteiger partial charge in [-0.25, -0.2) is 13.6 Å². The molecule has 0 fully saturated rings. The van der Waals surface area contributed by atoms with Crippen LogP contribution in [0.2, 0.25) is 0 Å². The van der Waals surface area contributed by atoms with Crippen molar-refractivity contribution in [3.8, 4) is 0 Å². The topological polar surface area (TPSA) is 41.1 Å². The van der Waals surface area contributed by atoms with E-state index < -0.39 is 29.4 Å². The Bertz CT molecular complexity index is 748. The van der Waals surface area contributed by atoms with Gasteiger partial charge in [0.25, 0.3) is 0 Å². The number of anilines is 2. The molecule has 2 amide bonds. The third kappa shape index (κ3) is 4.41. The maximum Gasteiger partial charge on any atom is 0.417 e. The van der Waals surface area contributed by atoms with Crippen molar-refractivity contribution in [1.82, 2.24) is 0 Å². The minimum absolute atomic E-state index is 0.138. The van der Waals surface area contributed by atoms with Gasteiger partial charge in [-0.3, -0.25) is 0 Å². The number of nitrogens with one attached hydrogen (secondary N) is 2. The van der Waals surface area contributed by atoms with Crippen molar-refractivity contribution in [1.29, 1.82) is 0 Å². The van der Waals surface area contributed by atoms with Crippen LogP contribution < -0.4 is 10.6 Å². The zero-order valence-corrected chi connectivity index (χ0v) is 12.7. The first kappa shape index (κ1) is 17.2. The number of urea groups is 1. The lowest BCUT2D eigenvalue weighted by atomic mass is 10.2. The summed E-state index contributed by atoms with van der Waals surface area (Å²) in [6.07, 6.45) is -4.60. The third-order valence-corrected chi connectivity index (χ3v) is 3.40. The Kier molecular flexibility index (Phi) is 4.88. The number of carbonyl (C=O) groups is 1. The van der Waals surface area contributed by atoms with Crippen LogP contribution >= 0.6 is 15.9 Å². The molecule has 2 aromatic carbocycles. The molecule has 0 bridgehead atoms. The second-order valence-corrected chi connectivity index (χ2v) is 5.25. The Morgan fingerprint density at radius 2 is 1.70 bits per heavy atom. The second-order valence-electron chi connectivity index (χ2n) is 4.40. The normalized spacial score (nSPS) is 11.2. The molecule has 9 heteroatoms. The molecule has 122 valence electrons. The molecule has 0 heterocycles. The lowest BCUT2D eigenvalue weighted by molar-refractivity contribution is -0.138. The zero-order valence-electron chi connectivity index (χ0n) is 11.1. The quantitative estimate of drug-likeness (QED) is 0.658. The predicted molar refractivity (Wildman–Crippen MR) is 78.1 cm³/mol. The molecule has 0 aliphatic heterocycles. The van der Waals surface area contributed by atoms with Gasteiger partial charge >= 0.3 is 12.2 Å². The first-order valence-electron chi connectivity index (χ1n) is 6.06. The monoisotopic (exact) mass is 394 g/mol. The predicted octanol–water partition coefficient (Wildman–Crippen LogP) is 5.39. The maximum atomic E-state index is 13.4. The standard InChI is InChI=1S/C14H8BrF5N2O/c15-10-3-2-8(6-9(10)14(18,19)20)21-13(23)22-12-4-1-7(16)5-11(12)17/h1-6H,(H2,21,22,23). The van der Waals surface area contributed by atoms with E-state index in [1.165, 1.54) is 6.07 Å². The fourth-order valence-corrected chi connectivity index (χ4v) is 2.17. The van der Waals surface area contributed by atoms with Gasteiger partial charge in [0.1, 0.15) is 11.6 Å². The number of amides is 2. The number of rotatable bonds is 2. The summed E-state index contributed by atoms with van der Waals surface area (Å²) < 4.78 is 64.2. The van der Waals surface area contributed by atoms with Crippen molar-refractivity contribution in [3.63, 3.8) is 0 Å². The van der Waals surface area contributed by atoms with E-state index in [2.05, 4.69) is 26.6 Å². The van der Waals surface area contributed by atoms with Gasteiger partial charge in [-0.05, 0) is 30.3 Å². The number of alkyl halides is 3. The van der Waals surface area contributed by atoms with Gasteiger partial charge in [0.15, 0.2) is 0 Å². The summed E-state index contributed by atoms with van der Waals surface area (Å²) in [4.78, 5) is 11.7. The van der Waals surface area contributed by atoms with Crippen LogP contribution in [-0.2, 0) is 6.18 Å². The van der Waals surface area contributed by atoms with Crippen LogP contribution in [-0.4, -0.2) is 6.03 Å². The first-order valence-corrected chi connectivity index (χ1v) is 6.86. The molecule has 0 unspecified atom stereocenters. The highest BCUT2D eigenvalue weighted by Crippen LogP contribution is 2.36. The van der Waals surface area contributed by atoms with Gasteiger partial charge in [0.2, 0.25) is 0 Å². The smallest absolute Gasteiger partial charge is 0.308 e. The van der Waals surface area contributed by atoms with Gasteiger partial charge < -0.3 is 10.6 Å². The largest absolute Gasteiger partial charge is 0.417 e. The fraction of sp³-hybridized carbons (Fsp3) is 0.0714. The molecule has 0 aliphatic carbocycles. The second kappa shape index (κ2) is 6.53. The highest BCUT2D eigenvalue weighted by molar-refractivity contribution is 9.10. The van der Waals surface area contributed by atoms with Crippen LogP contribution in [0.15, 0.2) is 40.9 Å². The molecule has 0 aliphatic rings. The minimum atomic E-state index is -4.60. The average Bonchev–Trinajstić information content (AvgIpc) is 2.43. The van der Waals surface area contributed by atoms with Crippen molar-refractivity contribution >= 4 is 33.3 Å². The molecular formula is C14H8BrF5N2O. The van der Waals surface area contributed by atoms with Crippen LogP contribution in [0, 0.1) is 11.6 Å². The summed E-state index contributed by atoms with van der Waals surface area (Å²) in [5, 5.41) is 4.21. The van der Waals surface area contributed by atoms with E-state index in [9.17, 15) is 26.7 Å². The van der Waals surface area contributed by atoms with Crippen molar-refractivity contribution in [2.24, 2.45) is 0 Å². The van der Waals surface area contributed by atoms with Crippen molar-refractivity contribution in [3.05, 3.63) is 58.1 Å². The third-order valence-electron chi connectivity index (χ3n) is 2.71. The van der Waals surface area contributed by atoms with Crippen LogP contribution in [0.4, 0.5) is 38.1 Å². The van der Waals surface area contributed by atoms with Gasteiger partial charge in [-0.1, -0.05) is 15.9 Å². The highest BCUT2D eigenvalue weighted by atomic mass is 79.9. The summed E-state index contributed by atoms with van der Waals surface area (Å²) in [5.41, 5.74) is -1.42. The number of halogens is 6. The van der Waals surface area contributed by atoms with E-state index in [0.717, 1.165) is 24.3 Å². The van der Waals surface area contributed by atoms with E-state index >= 15 is 0 Å². The van der Waals surface area contributed by atoms with Crippen LogP contribution in [0.3, 0.4) is 0 Å². The highest BCUT2D eigenvalue weighted by Gasteiger charge is 2.33. The summed E-state index contributed by atoms with van der Waals surface area (Å²) in [7, 11) is 0. The minimum Gasteiger partial charge on any atom is -0.308 e. The van der Waals surface area contributed by atoms with E-state index in [-0.39, 0.29) is 15.8 Å². The van der Waals surface area contributed by atoms with Crippen molar-refractivity contribution in [2.45, 2.75) is 6.18 Å². The molecule has 23 heavy (non-hydrogen) atoms. The average molecular weight is 395 g/mol. The van der Waals surface area contributed by atoms with E-state index in [4.69, 9.17) is 0 Å². The van der Waals surface area contributed by atoms with Gasteiger partial charge in [0.05, 0.1) is 11.3 Å². The van der Waals surface area contributed by atoms with E-state index in [1.54, 1.807) is 0 Å². The Balaban J connectivity index is 2.14. The van der Waals surface area contributed by atoms with E-state index in [0.29, 0.717) is 6.07 Å². The Hall–Kier alpha value is -2.16. The fourth-order valence-electron chi connectivity index (χ4n) is 1.70. The SMILES string of the molecule is O=C(Nc1ccc(Br)c(C(F)(F)F)c1)Nc1ccc(F)cc1F. The molecule has 2 aromatic rings. The lowest BCUT2D eigenvalue weighted by Gasteiger charge is -2.12. The van der Waals surface area contributed by atoms with Crippen LogP contribution in [0.5, 0.6) is 0 Å². The molecular weight excluding hydrogens is 387 g/mol. The Morgan fingerprint density at radius 1 is 1.00 bits per heavy atom. The first-order chi connectivity index (χ1) is 10.7. The molecule has 0 aromatic heterocycles. The molecule has 0 saturated heterocycles. The summed E-state index contributed by atoms with van der Waals surface area (Å²) in [5.74, 6) is -1.83. The summed E-state index contributed by atoms with van der Waals surface area (Å²) >= 11 is 2.77. The molecule has 3 nitrogen and oxygen atoms in total. The molecule has 0 spiro atoms. The Labute approximate surface area is 135 Å². The number of hydrogen-bond acceptors (Lipinski definition) is 1. The van der Waals surface area contributed by atoms with Gasteiger partial charge in [0, 0.05) is 16.2 Å². The van der Waals surface area contributed by atoms with Crippen molar-refractivity contribution < 1.29 is 26.7 Å². The number of benzene rings is 2. The molecule has 2 N–H and O–H groups in total. The lowest BCUT2D eigenvalue weighted by Crippen LogP contribution is -2.20. The van der Waals surface area contributed by atoms with Crippen LogP contribution in [0.1, 0.15) is 5.56 Å². The molecule has 0 radical (unpaired) electrons. The zero-order chi connectivity index (χ0) is 17.2. The van der Waals surface area contributed by atoms with Crippen LogP contribution in [0.25, 0.3) is 0 Å². The molecule has 0 saturated carbocycles. The number of carbonyl (C=O) groups excluding carboxylic acids is 1. The number of hydrogen-bond donors (Lipinski definition) is 2. The molecule has 0 atom stereocenters. The van der Waals surface area contributed by atoms with Crippen molar-refractivity contribution in [2.75, 3.05) is 10.6 Å². The molecule has 2 rings (SSSR count). The Morgan fingerprint density at radius 3 is 2.30 bits per heavy atom.